The molecule has 3 aromatic rings. The number of ether oxygens (including phenoxy) is 1. The summed E-state index contributed by atoms with van der Waals surface area (Å²) in [6.07, 6.45) is 0.842. The van der Waals surface area contributed by atoms with E-state index in [1.54, 1.807) is 16.9 Å². The maximum atomic E-state index is 13.4. The third kappa shape index (κ3) is 4.01. The maximum absolute atomic E-state index is 13.4. The first-order chi connectivity index (χ1) is 17.4. The number of likely N-dealkylation sites (tertiary alicyclic amines) is 1. The highest BCUT2D eigenvalue weighted by Crippen LogP contribution is 2.48. The minimum Gasteiger partial charge on any atom is -0.497 e. The van der Waals surface area contributed by atoms with E-state index >= 15 is 0 Å². The van der Waals surface area contributed by atoms with Crippen molar-refractivity contribution in [1.29, 1.82) is 0 Å². The van der Waals surface area contributed by atoms with Gasteiger partial charge in [0.2, 0.25) is 0 Å². The highest BCUT2D eigenvalue weighted by Gasteiger charge is 2.55. The van der Waals surface area contributed by atoms with E-state index in [-0.39, 0.29) is 12.6 Å². The van der Waals surface area contributed by atoms with E-state index in [1.165, 1.54) is 24.3 Å². The lowest BCUT2D eigenvalue weighted by molar-refractivity contribution is 0.0340. The number of anilines is 1. The molecule has 4 amide bonds. The number of methoxy groups -OCH3 is 1. The van der Waals surface area contributed by atoms with Crippen molar-refractivity contribution in [3.05, 3.63) is 59.5 Å². The molecule has 0 aliphatic carbocycles. The van der Waals surface area contributed by atoms with Gasteiger partial charge < -0.3 is 35.3 Å². The Labute approximate surface area is 208 Å². The fraction of sp³-hybridized carbons (Fsp3) is 0.385. The topological polar surface area (TPSA) is 110 Å². The largest absolute Gasteiger partial charge is 0.497 e. The van der Waals surface area contributed by atoms with E-state index in [4.69, 9.17) is 4.74 Å². The predicted molar refractivity (Wildman–Crippen MR) is 134 cm³/mol. The zero-order valence-corrected chi connectivity index (χ0v) is 20.3. The SMILES string of the molecule is CCCNC(=O)N1CC2(C1)CN(C(=O)Nc1ccc(F)cc1)[C@@H](CO)c1[nH]c3cc(OC)ccc3c12. The molecule has 9 nitrogen and oxygen atoms in total. The van der Waals surface area contributed by atoms with E-state index in [0.717, 1.165) is 28.6 Å². The second-order valence-electron chi connectivity index (χ2n) is 9.46. The Morgan fingerprint density at radius 1 is 1.17 bits per heavy atom. The highest BCUT2D eigenvalue weighted by molar-refractivity contribution is 5.93. The molecule has 0 bridgehead atoms. The molecule has 2 aliphatic heterocycles. The number of aromatic amines is 1. The number of hydrogen-bond donors (Lipinski definition) is 4. The van der Waals surface area contributed by atoms with Crippen LogP contribution in [0.5, 0.6) is 5.75 Å². The number of benzene rings is 2. The smallest absolute Gasteiger partial charge is 0.322 e. The number of carbonyl (C=O) groups is 2. The number of urea groups is 2. The lowest BCUT2D eigenvalue weighted by Crippen LogP contribution is -2.69. The van der Waals surface area contributed by atoms with Gasteiger partial charge in [-0.3, -0.25) is 0 Å². The summed E-state index contributed by atoms with van der Waals surface area (Å²) in [4.78, 5) is 32.8. The standard InChI is InChI=1S/C26H30FN5O4/c1-3-10-28-24(34)31-13-26(14-31)15-32(25(35)29-17-6-4-16(27)5-7-17)21(12-33)23-22(26)19-9-8-18(36-2)11-20(19)30-23/h4-9,11,21,30,33H,3,10,12-15H2,1-2H3,(H,28,34)(H,29,35)/t21-/m0/s1. The molecule has 2 aromatic carbocycles. The van der Waals surface area contributed by atoms with Crippen LogP contribution in [-0.4, -0.2) is 71.8 Å². The zero-order chi connectivity index (χ0) is 25.4. The molecule has 0 unspecified atom stereocenters. The number of halogens is 1. The monoisotopic (exact) mass is 495 g/mol. The normalized spacial score (nSPS) is 18.1. The molecule has 1 saturated heterocycles. The number of aliphatic hydroxyl groups is 1. The second kappa shape index (κ2) is 9.34. The number of carbonyl (C=O) groups excluding carboxylic acids is 2. The van der Waals surface area contributed by atoms with Crippen LogP contribution < -0.4 is 15.4 Å². The van der Waals surface area contributed by atoms with Crippen molar-refractivity contribution in [2.45, 2.75) is 24.8 Å². The molecule has 4 N–H and O–H groups in total. The van der Waals surface area contributed by atoms with Crippen LogP contribution in [0.15, 0.2) is 42.5 Å². The molecule has 5 rings (SSSR count). The average Bonchev–Trinajstić information content (AvgIpc) is 3.25. The molecule has 0 radical (unpaired) electrons. The van der Waals surface area contributed by atoms with Crippen molar-refractivity contribution in [2.75, 3.05) is 45.2 Å². The highest BCUT2D eigenvalue weighted by atomic mass is 19.1. The molecule has 10 heteroatoms. The van der Waals surface area contributed by atoms with Crippen LogP contribution in [0.2, 0.25) is 0 Å². The van der Waals surface area contributed by atoms with Gasteiger partial charge in [-0.2, -0.15) is 0 Å². The lowest BCUT2D eigenvalue weighted by Gasteiger charge is -2.55. The van der Waals surface area contributed by atoms with Gasteiger partial charge in [-0.15, -0.1) is 0 Å². The third-order valence-corrected chi connectivity index (χ3v) is 7.08. The number of fused-ring (bicyclic) bond motifs is 4. The van der Waals surface area contributed by atoms with Crippen molar-refractivity contribution >= 4 is 28.7 Å². The number of nitrogens with zero attached hydrogens (tertiary/aromatic N) is 2. The maximum Gasteiger partial charge on any atom is 0.322 e. The molecule has 1 spiro atoms. The van der Waals surface area contributed by atoms with Crippen LogP contribution in [-0.2, 0) is 5.41 Å². The molecule has 3 heterocycles. The summed E-state index contributed by atoms with van der Waals surface area (Å²) in [6.45, 7) is 3.50. The van der Waals surface area contributed by atoms with Crippen LogP contribution >= 0.6 is 0 Å². The third-order valence-electron chi connectivity index (χ3n) is 7.08. The van der Waals surface area contributed by atoms with E-state index in [9.17, 15) is 19.1 Å². The Balaban J connectivity index is 1.52. The molecule has 190 valence electrons. The number of hydrogen-bond acceptors (Lipinski definition) is 4. The first-order valence-electron chi connectivity index (χ1n) is 12.1. The van der Waals surface area contributed by atoms with Crippen molar-refractivity contribution in [3.63, 3.8) is 0 Å². The van der Waals surface area contributed by atoms with Crippen molar-refractivity contribution in [2.24, 2.45) is 0 Å². The Kier molecular flexibility index (Phi) is 6.21. The summed E-state index contributed by atoms with van der Waals surface area (Å²) in [7, 11) is 1.60. The lowest BCUT2D eigenvalue weighted by atomic mass is 9.69. The molecular weight excluding hydrogens is 465 g/mol. The first-order valence-corrected chi connectivity index (χ1v) is 12.1. The van der Waals surface area contributed by atoms with Gasteiger partial charge in [-0.05, 0) is 48.4 Å². The van der Waals surface area contributed by atoms with Gasteiger partial charge in [0.25, 0.3) is 0 Å². The summed E-state index contributed by atoms with van der Waals surface area (Å²) in [5.41, 5.74) is 2.55. The van der Waals surface area contributed by atoms with E-state index in [0.29, 0.717) is 37.6 Å². The van der Waals surface area contributed by atoms with Crippen molar-refractivity contribution < 1.29 is 23.8 Å². The Hall–Kier alpha value is -3.79. The fourth-order valence-electron chi connectivity index (χ4n) is 5.38. The summed E-state index contributed by atoms with van der Waals surface area (Å²) < 4.78 is 18.7. The average molecular weight is 496 g/mol. The molecule has 0 saturated carbocycles. The molecule has 36 heavy (non-hydrogen) atoms. The Morgan fingerprint density at radius 2 is 1.92 bits per heavy atom. The van der Waals surface area contributed by atoms with Crippen LogP contribution in [0.1, 0.15) is 30.6 Å². The quantitative estimate of drug-likeness (QED) is 0.434. The summed E-state index contributed by atoms with van der Waals surface area (Å²) in [5, 5.41) is 17.1. The molecule has 1 fully saturated rings. The number of aromatic nitrogens is 1. The predicted octanol–water partition coefficient (Wildman–Crippen LogP) is 3.57. The number of nitrogens with one attached hydrogen (secondary N) is 3. The minimum absolute atomic E-state index is 0.128. The van der Waals surface area contributed by atoms with Crippen molar-refractivity contribution in [1.82, 2.24) is 20.1 Å². The van der Waals surface area contributed by atoms with Crippen LogP contribution in [0.3, 0.4) is 0 Å². The first kappa shape index (κ1) is 23.9. The fourth-order valence-corrected chi connectivity index (χ4v) is 5.38. The van der Waals surface area contributed by atoms with Crippen molar-refractivity contribution in [3.8, 4) is 5.75 Å². The Bertz CT molecular complexity index is 1290. The number of rotatable bonds is 5. The molecule has 2 aliphatic rings. The number of H-pyrrole nitrogens is 1. The van der Waals surface area contributed by atoms with Crippen LogP contribution in [0, 0.1) is 5.82 Å². The molecular formula is C26H30FN5O4. The van der Waals surface area contributed by atoms with Gasteiger partial charge in [0.15, 0.2) is 0 Å². The van der Waals surface area contributed by atoms with Gasteiger partial charge in [0.05, 0.1) is 25.2 Å². The van der Waals surface area contributed by atoms with Gasteiger partial charge in [-0.1, -0.05) is 6.92 Å². The zero-order valence-electron chi connectivity index (χ0n) is 20.3. The van der Waals surface area contributed by atoms with Gasteiger partial charge in [-0.25, -0.2) is 14.0 Å². The molecule has 1 aromatic heterocycles. The summed E-state index contributed by atoms with van der Waals surface area (Å²) >= 11 is 0. The minimum atomic E-state index is -0.618. The van der Waals surface area contributed by atoms with Gasteiger partial charge >= 0.3 is 12.1 Å². The van der Waals surface area contributed by atoms with Crippen LogP contribution in [0.25, 0.3) is 10.9 Å². The van der Waals surface area contributed by atoms with Crippen LogP contribution in [0.4, 0.5) is 19.7 Å². The molecule has 1 atom stereocenters. The van der Waals surface area contributed by atoms with E-state index in [2.05, 4.69) is 15.6 Å². The van der Waals surface area contributed by atoms with E-state index in [1.807, 2.05) is 25.1 Å². The number of amides is 4. The van der Waals surface area contributed by atoms with E-state index < -0.39 is 23.3 Å². The van der Waals surface area contributed by atoms with Gasteiger partial charge in [0, 0.05) is 54.5 Å². The second-order valence-corrected chi connectivity index (χ2v) is 9.46. The summed E-state index contributed by atoms with van der Waals surface area (Å²) in [5.74, 6) is 0.294. The summed E-state index contributed by atoms with van der Waals surface area (Å²) in [6, 6.07) is 10.1. The van der Waals surface area contributed by atoms with Gasteiger partial charge in [0.1, 0.15) is 11.6 Å². The number of aliphatic hydroxyl groups excluding tert-OH is 1. The Morgan fingerprint density at radius 3 is 2.58 bits per heavy atom.